The molecule has 2 heterocycles. The zero-order chi connectivity index (χ0) is 28.3. The van der Waals surface area contributed by atoms with E-state index in [9.17, 15) is 15.2 Å². The van der Waals surface area contributed by atoms with Crippen molar-refractivity contribution in [2.75, 3.05) is 6.61 Å². The van der Waals surface area contributed by atoms with Gasteiger partial charge in [0, 0.05) is 18.0 Å². The topological polar surface area (TPSA) is 105 Å². The minimum atomic E-state index is -0.316. The highest BCUT2D eigenvalue weighted by atomic mass is 16.5. The number of aliphatic hydroxyl groups is 1. The number of hydrogen-bond acceptors (Lipinski definition) is 6. The Bertz CT molecular complexity index is 1570. The van der Waals surface area contributed by atoms with Gasteiger partial charge in [-0.3, -0.25) is 9.36 Å². The lowest BCUT2D eigenvalue weighted by Gasteiger charge is -2.39. The van der Waals surface area contributed by atoms with Gasteiger partial charge in [-0.2, -0.15) is 15.3 Å². The van der Waals surface area contributed by atoms with Crippen molar-refractivity contribution in [3.05, 3.63) is 87.6 Å². The zero-order valence-corrected chi connectivity index (χ0v) is 23.5. The first-order valence-corrected chi connectivity index (χ1v) is 14.2. The quantitative estimate of drug-likeness (QED) is 0.312. The number of hydrogen-bond donors (Lipinski definition) is 1. The van der Waals surface area contributed by atoms with Crippen LogP contribution >= 0.6 is 0 Å². The maximum absolute atomic E-state index is 14.2. The van der Waals surface area contributed by atoms with E-state index in [2.05, 4.69) is 30.0 Å². The van der Waals surface area contributed by atoms with Crippen LogP contribution in [-0.4, -0.2) is 42.6 Å². The maximum Gasteiger partial charge on any atom is 0.259 e. The fraction of sp³-hybridized carbons (Fsp3) is 0.438. The summed E-state index contributed by atoms with van der Waals surface area (Å²) in [7, 11) is 0. The first kappa shape index (κ1) is 27.8. The van der Waals surface area contributed by atoms with E-state index in [1.54, 1.807) is 0 Å². The summed E-state index contributed by atoms with van der Waals surface area (Å²) in [4.78, 5) is 18.7. The number of aryl methyl sites for hydroxylation is 1. The molecule has 8 nitrogen and oxygen atoms in total. The van der Waals surface area contributed by atoms with Crippen LogP contribution in [0, 0.1) is 11.3 Å². The van der Waals surface area contributed by atoms with Crippen molar-refractivity contribution in [1.29, 1.82) is 5.26 Å². The van der Waals surface area contributed by atoms with Gasteiger partial charge >= 0.3 is 0 Å². The molecule has 4 aromatic rings. The predicted octanol–water partition coefficient (Wildman–Crippen LogP) is 5.24. The van der Waals surface area contributed by atoms with Crippen LogP contribution < -0.4 is 5.56 Å². The van der Waals surface area contributed by atoms with Crippen LogP contribution in [0.25, 0.3) is 16.9 Å². The summed E-state index contributed by atoms with van der Waals surface area (Å²) in [6, 6.07) is 18.0. The molecule has 1 atom stereocenters. The lowest BCUT2D eigenvalue weighted by molar-refractivity contribution is -0.114. The number of benzene rings is 2. The summed E-state index contributed by atoms with van der Waals surface area (Å²) in [6.45, 7) is 6.08. The van der Waals surface area contributed by atoms with Crippen LogP contribution in [0.15, 0.2) is 59.7 Å². The number of aromatic nitrogens is 4. The van der Waals surface area contributed by atoms with Crippen molar-refractivity contribution in [2.24, 2.45) is 0 Å². The van der Waals surface area contributed by atoms with E-state index in [-0.39, 0.29) is 29.9 Å². The van der Waals surface area contributed by atoms with Crippen LogP contribution in [-0.2, 0) is 17.6 Å². The minimum Gasteiger partial charge on any atom is -0.394 e. The molecule has 1 aliphatic rings. The SMILES string of the molecule is CCCc1c(Cc2ccc(-c3ccccc3C#N)cc2)c(=O)n([C@H]2CC[C@](C)(OC(C)CO)CC2)c2ncnn12. The van der Waals surface area contributed by atoms with Crippen LogP contribution in [0.5, 0.6) is 0 Å². The number of nitriles is 1. The number of aliphatic hydroxyl groups excluding tert-OH is 1. The molecule has 1 unspecified atom stereocenters. The number of fused-ring (bicyclic) bond motifs is 1. The van der Waals surface area contributed by atoms with Gasteiger partial charge in [-0.15, -0.1) is 0 Å². The van der Waals surface area contributed by atoms with Gasteiger partial charge in [0.2, 0.25) is 5.78 Å². The second-order valence-electron chi connectivity index (χ2n) is 11.1. The minimum absolute atomic E-state index is 0.000376. The van der Waals surface area contributed by atoms with Gasteiger partial charge in [0.25, 0.3) is 5.56 Å². The van der Waals surface area contributed by atoms with Crippen molar-refractivity contribution >= 4 is 5.78 Å². The van der Waals surface area contributed by atoms with E-state index in [4.69, 9.17) is 4.74 Å². The second-order valence-corrected chi connectivity index (χ2v) is 11.1. The van der Waals surface area contributed by atoms with Crippen LogP contribution in [0.1, 0.15) is 81.3 Å². The van der Waals surface area contributed by atoms with E-state index in [0.717, 1.165) is 66.5 Å². The maximum atomic E-state index is 14.2. The molecule has 0 bridgehead atoms. The molecule has 1 fully saturated rings. The highest BCUT2D eigenvalue weighted by molar-refractivity contribution is 5.70. The molecule has 2 aromatic carbocycles. The molecule has 0 spiro atoms. The molecule has 208 valence electrons. The first-order chi connectivity index (χ1) is 19.4. The largest absolute Gasteiger partial charge is 0.394 e. The summed E-state index contributed by atoms with van der Waals surface area (Å²) in [5.41, 5.74) is 4.89. The Balaban J connectivity index is 1.49. The lowest BCUT2D eigenvalue weighted by Crippen LogP contribution is -2.41. The molecular weight excluding hydrogens is 502 g/mol. The van der Waals surface area contributed by atoms with Crippen molar-refractivity contribution in [3.63, 3.8) is 0 Å². The van der Waals surface area contributed by atoms with E-state index in [1.165, 1.54) is 6.33 Å². The predicted molar refractivity (Wildman–Crippen MR) is 154 cm³/mol. The average Bonchev–Trinajstić information content (AvgIpc) is 3.45. The molecule has 0 saturated heterocycles. The summed E-state index contributed by atoms with van der Waals surface area (Å²) >= 11 is 0. The third-order valence-electron chi connectivity index (χ3n) is 8.13. The van der Waals surface area contributed by atoms with Gasteiger partial charge in [0.15, 0.2) is 0 Å². The lowest BCUT2D eigenvalue weighted by atomic mass is 9.83. The molecule has 40 heavy (non-hydrogen) atoms. The standard InChI is InChI=1S/C32H37N5O3/c1-4-7-29-28(18-23-10-12-24(13-11-23)27-9-6-5-8-25(27)19-33)30(39)36(31-34-21-35-37(29)31)26-14-16-32(3,17-15-26)40-22(2)20-38/h5-6,8-13,21-22,26,38H,4,7,14-18,20H2,1-3H3/t22?,26-,32-. The Labute approximate surface area is 234 Å². The van der Waals surface area contributed by atoms with E-state index < -0.39 is 0 Å². The Hall–Kier alpha value is -3.80. The molecule has 1 N–H and O–H groups in total. The Morgan fingerprint density at radius 2 is 1.90 bits per heavy atom. The first-order valence-electron chi connectivity index (χ1n) is 14.2. The number of rotatable bonds is 9. The Morgan fingerprint density at radius 1 is 1.18 bits per heavy atom. The number of nitrogens with zero attached hydrogens (tertiary/aromatic N) is 5. The smallest absolute Gasteiger partial charge is 0.259 e. The Morgan fingerprint density at radius 3 is 2.58 bits per heavy atom. The van der Waals surface area contributed by atoms with Gasteiger partial charge in [-0.25, -0.2) is 4.52 Å². The molecule has 8 heteroatoms. The van der Waals surface area contributed by atoms with E-state index in [1.807, 2.05) is 64.5 Å². The van der Waals surface area contributed by atoms with Crippen LogP contribution in [0.3, 0.4) is 0 Å². The monoisotopic (exact) mass is 539 g/mol. The molecule has 0 amide bonds. The normalized spacial score (nSPS) is 19.9. The molecule has 0 aliphatic heterocycles. The fourth-order valence-electron chi connectivity index (χ4n) is 6.03. The molecule has 0 radical (unpaired) electrons. The van der Waals surface area contributed by atoms with Crippen LogP contribution in [0.2, 0.25) is 0 Å². The zero-order valence-electron chi connectivity index (χ0n) is 23.5. The van der Waals surface area contributed by atoms with Gasteiger partial charge in [-0.1, -0.05) is 55.8 Å². The molecule has 1 saturated carbocycles. The van der Waals surface area contributed by atoms with E-state index in [0.29, 0.717) is 17.8 Å². The third kappa shape index (κ3) is 5.45. The van der Waals surface area contributed by atoms with Crippen molar-refractivity contribution in [2.45, 2.75) is 83.5 Å². The molecule has 2 aromatic heterocycles. The van der Waals surface area contributed by atoms with Gasteiger partial charge in [0.05, 0.1) is 35.6 Å². The summed E-state index contributed by atoms with van der Waals surface area (Å²) < 4.78 is 9.85. The van der Waals surface area contributed by atoms with Crippen molar-refractivity contribution in [1.82, 2.24) is 19.2 Å². The second kappa shape index (κ2) is 11.7. The number of ether oxygens (including phenoxy) is 1. The van der Waals surface area contributed by atoms with Crippen molar-refractivity contribution in [3.8, 4) is 17.2 Å². The van der Waals surface area contributed by atoms with Crippen molar-refractivity contribution < 1.29 is 9.84 Å². The van der Waals surface area contributed by atoms with Gasteiger partial charge in [0.1, 0.15) is 6.33 Å². The summed E-state index contributed by atoms with van der Waals surface area (Å²) in [6.07, 6.45) is 6.60. The van der Waals surface area contributed by atoms with Crippen LogP contribution in [0.4, 0.5) is 0 Å². The molecule has 1 aliphatic carbocycles. The average molecular weight is 540 g/mol. The summed E-state index contributed by atoms with van der Waals surface area (Å²) in [5.74, 6) is 0.596. The van der Waals surface area contributed by atoms with Gasteiger partial charge < -0.3 is 9.84 Å². The van der Waals surface area contributed by atoms with E-state index >= 15 is 0 Å². The molecule has 5 rings (SSSR count). The van der Waals surface area contributed by atoms with Gasteiger partial charge in [-0.05, 0) is 68.7 Å². The summed E-state index contributed by atoms with van der Waals surface area (Å²) in [5, 5.41) is 23.5. The molecular formula is C32H37N5O3. The fourth-order valence-corrected chi connectivity index (χ4v) is 6.03. The Kier molecular flexibility index (Phi) is 8.15. The highest BCUT2D eigenvalue weighted by Gasteiger charge is 2.35. The third-order valence-corrected chi connectivity index (χ3v) is 8.13. The highest BCUT2D eigenvalue weighted by Crippen LogP contribution is 2.38.